The molecule has 1 aliphatic heterocycles. The first-order valence-corrected chi connectivity index (χ1v) is 11.1. The van der Waals surface area contributed by atoms with Crippen molar-refractivity contribution in [1.29, 1.82) is 0 Å². The van der Waals surface area contributed by atoms with E-state index in [2.05, 4.69) is 15.3 Å². The number of carbonyl (C=O) groups excluding carboxylic acids is 2. The quantitative estimate of drug-likeness (QED) is 0.616. The number of aromatic nitrogens is 2. The lowest BCUT2D eigenvalue weighted by Crippen LogP contribution is -2.57. The van der Waals surface area contributed by atoms with Gasteiger partial charge in [-0.1, -0.05) is 36.4 Å². The molecule has 1 aromatic heterocycles. The van der Waals surface area contributed by atoms with Crippen LogP contribution in [0, 0.1) is 0 Å². The van der Waals surface area contributed by atoms with Crippen LogP contribution in [0.5, 0.6) is 11.6 Å². The second-order valence-corrected chi connectivity index (χ2v) is 8.73. The van der Waals surface area contributed by atoms with Gasteiger partial charge in [-0.25, -0.2) is 4.98 Å². The third-order valence-electron chi connectivity index (χ3n) is 5.72. The molecular weight excluding hydrogens is 416 g/mol. The minimum absolute atomic E-state index is 0.0511. The fourth-order valence-corrected chi connectivity index (χ4v) is 4.01. The SMILES string of the molecule is CC(C)(NC(=O)c1ccccc1)C(=O)N1CCCC(c2cncc(Oc3ccccc3)n2)C1. The second-order valence-electron chi connectivity index (χ2n) is 8.73. The highest BCUT2D eigenvalue weighted by molar-refractivity contribution is 5.98. The second kappa shape index (κ2) is 9.81. The highest BCUT2D eigenvalue weighted by atomic mass is 16.5. The zero-order valence-electron chi connectivity index (χ0n) is 18.9. The molecule has 1 atom stereocenters. The summed E-state index contributed by atoms with van der Waals surface area (Å²) in [4.78, 5) is 36.7. The van der Waals surface area contributed by atoms with Crippen LogP contribution >= 0.6 is 0 Å². The van der Waals surface area contributed by atoms with Gasteiger partial charge in [0, 0.05) is 30.8 Å². The minimum Gasteiger partial charge on any atom is -0.437 e. The van der Waals surface area contributed by atoms with Gasteiger partial charge >= 0.3 is 0 Å². The van der Waals surface area contributed by atoms with Crippen molar-refractivity contribution >= 4 is 11.8 Å². The third kappa shape index (κ3) is 5.55. The summed E-state index contributed by atoms with van der Waals surface area (Å²) in [6.07, 6.45) is 5.08. The number of piperidine rings is 1. The molecule has 0 spiro atoms. The summed E-state index contributed by atoms with van der Waals surface area (Å²) < 4.78 is 5.82. The fourth-order valence-electron chi connectivity index (χ4n) is 4.01. The number of rotatable bonds is 6. The Morgan fingerprint density at radius 2 is 1.73 bits per heavy atom. The number of amides is 2. The molecule has 2 heterocycles. The van der Waals surface area contributed by atoms with Crippen molar-refractivity contribution in [1.82, 2.24) is 20.2 Å². The molecular formula is C26H28N4O3. The first-order chi connectivity index (χ1) is 15.9. The predicted octanol–water partition coefficient (Wildman–Crippen LogP) is 4.18. The van der Waals surface area contributed by atoms with Gasteiger partial charge in [-0.05, 0) is 51.0 Å². The number of carbonyl (C=O) groups is 2. The highest BCUT2D eigenvalue weighted by Crippen LogP contribution is 2.28. The van der Waals surface area contributed by atoms with Gasteiger partial charge in [-0.3, -0.25) is 14.6 Å². The Morgan fingerprint density at radius 1 is 1.03 bits per heavy atom. The Morgan fingerprint density at radius 3 is 2.45 bits per heavy atom. The molecule has 1 aliphatic rings. The summed E-state index contributed by atoms with van der Waals surface area (Å²) in [5.74, 6) is 0.799. The summed E-state index contributed by atoms with van der Waals surface area (Å²) in [6.45, 7) is 4.66. The Kier molecular flexibility index (Phi) is 6.68. The average molecular weight is 445 g/mol. The van der Waals surface area contributed by atoms with Crippen molar-refractivity contribution in [3.63, 3.8) is 0 Å². The zero-order chi connectivity index (χ0) is 23.3. The molecule has 170 valence electrons. The Hall–Kier alpha value is -3.74. The van der Waals surface area contributed by atoms with Crippen LogP contribution in [0.1, 0.15) is 48.7 Å². The number of hydrogen-bond acceptors (Lipinski definition) is 5. The van der Waals surface area contributed by atoms with Gasteiger partial charge in [0.1, 0.15) is 11.3 Å². The molecule has 0 saturated carbocycles. The van der Waals surface area contributed by atoms with Crippen LogP contribution in [0.25, 0.3) is 0 Å². The summed E-state index contributed by atoms with van der Waals surface area (Å²) >= 11 is 0. The maximum absolute atomic E-state index is 13.3. The van der Waals surface area contributed by atoms with Crippen LogP contribution in [-0.2, 0) is 4.79 Å². The molecule has 2 aromatic carbocycles. The van der Waals surface area contributed by atoms with E-state index in [0.29, 0.717) is 30.3 Å². The molecule has 4 rings (SSSR count). The number of ether oxygens (including phenoxy) is 1. The summed E-state index contributed by atoms with van der Waals surface area (Å²) in [6, 6.07) is 18.4. The van der Waals surface area contributed by atoms with Gasteiger partial charge in [0.05, 0.1) is 11.9 Å². The smallest absolute Gasteiger partial charge is 0.252 e. The van der Waals surface area contributed by atoms with E-state index < -0.39 is 5.54 Å². The Balaban J connectivity index is 1.43. The molecule has 2 amide bonds. The van der Waals surface area contributed by atoms with E-state index in [1.165, 1.54) is 0 Å². The predicted molar refractivity (Wildman–Crippen MR) is 125 cm³/mol. The van der Waals surface area contributed by atoms with E-state index in [-0.39, 0.29) is 17.7 Å². The average Bonchev–Trinajstić information content (AvgIpc) is 2.85. The lowest BCUT2D eigenvalue weighted by molar-refractivity contribution is -0.138. The van der Waals surface area contributed by atoms with E-state index in [1.807, 2.05) is 41.3 Å². The minimum atomic E-state index is -1.03. The van der Waals surface area contributed by atoms with Crippen LogP contribution in [0.3, 0.4) is 0 Å². The van der Waals surface area contributed by atoms with Crippen molar-refractivity contribution in [2.45, 2.75) is 38.1 Å². The molecule has 7 heteroatoms. The number of nitrogens with one attached hydrogen (secondary N) is 1. The number of nitrogens with zero attached hydrogens (tertiary/aromatic N) is 3. The summed E-state index contributed by atoms with van der Waals surface area (Å²) in [5, 5.41) is 2.88. The van der Waals surface area contributed by atoms with E-state index in [4.69, 9.17) is 4.74 Å². The normalized spacial score (nSPS) is 16.2. The van der Waals surface area contributed by atoms with Gasteiger partial charge in [0.15, 0.2) is 0 Å². The van der Waals surface area contributed by atoms with Gasteiger partial charge in [-0.2, -0.15) is 0 Å². The van der Waals surface area contributed by atoms with Gasteiger partial charge in [0.25, 0.3) is 5.91 Å². The van der Waals surface area contributed by atoms with Gasteiger partial charge in [0.2, 0.25) is 11.8 Å². The van der Waals surface area contributed by atoms with E-state index >= 15 is 0 Å². The van der Waals surface area contributed by atoms with Crippen LogP contribution in [0.2, 0.25) is 0 Å². The molecule has 1 saturated heterocycles. The maximum Gasteiger partial charge on any atom is 0.252 e. The summed E-state index contributed by atoms with van der Waals surface area (Å²) in [5.41, 5.74) is 0.297. The monoisotopic (exact) mass is 444 g/mol. The Labute approximate surface area is 193 Å². The van der Waals surface area contributed by atoms with Crippen LogP contribution in [0.15, 0.2) is 73.1 Å². The molecule has 0 radical (unpaired) electrons. The molecule has 0 aliphatic carbocycles. The molecule has 1 fully saturated rings. The van der Waals surface area contributed by atoms with Crippen molar-refractivity contribution in [3.05, 3.63) is 84.3 Å². The maximum atomic E-state index is 13.3. The van der Waals surface area contributed by atoms with Crippen molar-refractivity contribution < 1.29 is 14.3 Å². The lowest BCUT2D eigenvalue weighted by Gasteiger charge is -2.37. The van der Waals surface area contributed by atoms with Gasteiger partial charge < -0.3 is 15.0 Å². The topological polar surface area (TPSA) is 84.4 Å². The van der Waals surface area contributed by atoms with Crippen molar-refractivity contribution in [2.24, 2.45) is 0 Å². The number of hydrogen-bond donors (Lipinski definition) is 1. The number of para-hydroxylation sites is 1. The molecule has 0 bridgehead atoms. The molecule has 7 nitrogen and oxygen atoms in total. The summed E-state index contributed by atoms with van der Waals surface area (Å²) in [7, 11) is 0. The molecule has 33 heavy (non-hydrogen) atoms. The van der Waals surface area contributed by atoms with Crippen LogP contribution in [0.4, 0.5) is 0 Å². The van der Waals surface area contributed by atoms with E-state index in [9.17, 15) is 9.59 Å². The Bertz CT molecular complexity index is 1100. The molecule has 1 unspecified atom stereocenters. The van der Waals surface area contributed by atoms with E-state index in [0.717, 1.165) is 18.5 Å². The standard InChI is InChI=1S/C26H28N4O3/c1-26(2,29-24(31)19-10-5-3-6-11-19)25(32)30-15-9-12-20(18-30)22-16-27-17-23(28-22)33-21-13-7-4-8-14-21/h3-8,10-11,13-14,16-17,20H,9,12,15,18H2,1-2H3,(H,29,31). The first kappa shape index (κ1) is 22.5. The fraction of sp³-hybridized carbons (Fsp3) is 0.308. The lowest BCUT2D eigenvalue weighted by atomic mass is 9.92. The molecule has 1 N–H and O–H groups in total. The third-order valence-corrected chi connectivity index (χ3v) is 5.72. The molecule has 3 aromatic rings. The van der Waals surface area contributed by atoms with Gasteiger partial charge in [-0.15, -0.1) is 0 Å². The first-order valence-electron chi connectivity index (χ1n) is 11.1. The van der Waals surface area contributed by atoms with Crippen LogP contribution in [-0.4, -0.2) is 45.3 Å². The van der Waals surface area contributed by atoms with Crippen molar-refractivity contribution in [3.8, 4) is 11.6 Å². The highest BCUT2D eigenvalue weighted by Gasteiger charge is 2.36. The van der Waals surface area contributed by atoms with E-state index in [1.54, 1.807) is 50.5 Å². The number of benzene rings is 2. The van der Waals surface area contributed by atoms with Crippen molar-refractivity contribution in [2.75, 3.05) is 13.1 Å². The largest absolute Gasteiger partial charge is 0.437 e. The van der Waals surface area contributed by atoms with Crippen LogP contribution < -0.4 is 10.1 Å². The zero-order valence-corrected chi connectivity index (χ0v) is 18.9. The number of likely N-dealkylation sites (tertiary alicyclic amines) is 1.